The van der Waals surface area contributed by atoms with Gasteiger partial charge >= 0.3 is 0 Å². The Hall–Kier alpha value is -2.36. The van der Waals surface area contributed by atoms with Gasteiger partial charge in [0.05, 0.1) is 6.61 Å². The first-order chi connectivity index (χ1) is 12.6. The van der Waals surface area contributed by atoms with Crippen LogP contribution >= 0.6 is 0 Å². The number of benzene rings is 2. The van der Waals surface area contributed by atoms with Crippen LogP contribution in [0.3, 0.4) is 0 Å². The number of hydrogen-bond donors (Lipinski definition) is 0. The Balaban J connectivity index is 1.95. The van der Waals surface area contributed by atoms with E-state index >= 15 is 0 Å². The molecule has 2 aromatic rings. The van der Waals surface area contributed by atoms with E-state index in [1.807, 2.05) is 36.4 Å². The van der Waals surface area contributed by atoms with Crippen LogP contribution in [-0.4, -0.2) is 11.5 Å². The lowest BCUT2D eigenvalue weighted by atomic mass is 9.99. The van der Waals surface area contributed by atoms with Crippen LogP contribution in [0.4, 0.5) is 11.4 Å². The highest BCUT2D eigenvalue weighted by Crippen LogP contribution is 2.22. The second-order valence-corrected chi connectivity index (χ2v) is 6.81. The summed E-state index contributed by atoms with van der Waals surface area (Å²) in [6.07, 6.45) is 5.61. The molecule has 0 heterocycles. The molecular weight excluding hydrogens is 324 g/mol. The highest BCUT2D eigenvalue weighted by molar-refractivity contribution is 5.39. The SMILES string of the molecule is CCCCCOc1ccc([N+]([O-])=Nc2ccc(C[C@H](C)CC)cc2)cc1. The fraction of sp³-hybridized carbons (Fsp3) is 0.455. The zero-order valence-corrected chi connectivity index (χ0v) is 16.1. The summed E-state index contributed by atoms with van der Waals surface area (Å²) in [5, 5.41) is 16.4. The van der Waals surface area contributed by atoms with E-state index in [-0.39, 0.29) is 0 Å². The number of azo groups is 1. The van der Waals surface area contributed by atoms with Gasteiger partial charge in [-0.1, -0.05) is 57.0 Å². The van der Waals surface area contributed by atoms with Crippen LogP contribution < -0.4 is 4.74 Å². The van der Waals surface area contributed by atoms with Crippen molar-refractivity contribution >= 4 is 11.4 Å². The lowest BCUT2D eigenvalue weighted by molar-refractivity contribution is -0.435. The van der Waals surface area contributed by atoms with E-state index in [0.717, 1.165) is 18.6 Å². The molecular formula is C22H30N2O2. The van der Waals surface area contributed by atoms with E-state index in [1.165, 1.54) is 24.8 Å². The molecule has 4 nitrogen and oxygen atoms in total. The van der Waals surface area contributed by atoms with Crippen molar-refractivity contribution in [3.05, 3.63) is 59.3 Å². The van der Waals surface area contributed by atoms with Crippen molar-refractivity contribution in [1.29, 1.82) is 0 Å². The molecule has 0 aliphatic heterocycles. The van der Waals surface area contributed by atoms with Crippen molar-refractivity contribution in [2.75, 3.05) is 6.61 Å². The Morgan fingerprint density at radius 3 is 2.31 bits per heavy atom. The topological polar surface area (TPSA) is 47.7 Å². The molecule has 0 bridgehead atoms. The number of nitrogens with zero attached hydrogens (tertiary/aromatic N) is 2. The third-order valence-electron chi connectivity index (χ3n) is 4.50. The van der Waals surface area contributed by atoms with Gasteiger partial charge in [0, 0.05) is 17.2 Å². The summed E-state index contributed by atoms with van der Waals surface area (Å²) in [5.74, 6) is 1.45. The Morgan fingerprint density at radius 2 is 1.69 bits per heavy atom. The fourth-order valence-electron chi connectivity index (χ4n) is 2.62. The van der Waals surface area contributed by atoms with Crippen molar-refractivity contribution in [3.8, 4) is 5.75 Å². The summed E-state index contributed by atoms with van der Waals surface area (Å²) in [5.41, 5.74) is 2.43. The molecule has 0 spiro atoms. The van der Waals surface area contributed by atoms with E-state index in [9.17, 15) is 5.21 Å². The average Bonchev–Trinajstić information content (AvgIpc) is 2.67. The summed E-state index contributed by atoms with van der Waals surface area (Å²) in [6.45, 7) is 7.32. The molecule has 0 saturated carbocycles. The second kappa shape index (κ2) is 10.6. The van der Waals surface area contributed by atoms with Gasteiger partial charge in [0.25, 0.3) is 0 Å². The van der Waals surface area contributed by atoms with Crippen molar-refractivity contribution in [1.82, 2.24) is 0 Å². The normalized spacial score (nSPS) is 12.8. The monoisotopic (exact) mass is 354 g/mol. The van der Waals surface area contributed by atoms with Gasteiger partial charge in [-0.25, -0.2) is 0 Å². The predicted octanol–water partition coefficient (Wildman–Crippen LogP) is 6.77. The molecule has 1 atom stereocenters. The molecule has 26 heavy (non-hydrogen) atoms. The van der Waals surface area contributed by atoms with Crippen LogP contribution in [0.25, 0.3) is 0 Å². The number of ether oxygens (including phenoxy) is 1. The van der Waals surface area contributed by atoms with E-state index in [0.29, 0.717) is 28.8 Å². The molecule has 0 aliphatic rings. The quantitative estimate of drug-likeness (QED) is 0.204. The van der Waals surface area contributed by atoms with Gasteiger partial charge in [0.1, 0.15) is 11.4 Å². The molecule has 2 aromatic carbocycles. The Kier molecular flexibility index (Phi) is 8.13. The number of rotatable bonds is 10. The van der Waals surface area contributed by atoms with E-state index in [1.54, 1.807) is 12.1 Å². The van der Waals surface area contributed by atoms with Gasteiger partial charge in [-0.05, 0) is 48.6 Å². The minimum atomic E-state index is 0.495. The van der Waals surface area contributed by atoms with Crippen LogP contribution in [0.5, 0.6) is 5.75 Å². The van der Waals surface area contributed by atoms with Gasteiger partial charge in [0.2, 0.25) is 5.69 Å². The molecule has 0 amide bonds. The maximum atomic E-state index is 12.2. The molecule has 0 fully saturated rings. The van der Waals surface area contributed by atoms with Gasteiger partial charge in [-0.3, -0.25) is 0 Å². The smallest absolute Gasteiger partial charge is 0.245 e. The Labute approximate surface area is 157 Å². The van der Waals surface area contributed by atoms with Crippen molar-refractivity contribution in [2.45, 2.75) is 52.9 Å². The largest absolute Gasteiger partial charge is 0.594 e. The first kappa shape index (κ1) is 20.0. The summed E-state index contributed by atoms with van der Waals surface area (Å²) < 4.78 is 5.66. The minimum Gasteiger partial charge on any atom is -0.594 e. The van der Waals surface area contributed by atoms with Crippen molar-refractivity contribution in [2.24, 2.45) is 11.0 Å². The molecule has 0 aliphatic carbocycles. The Morgan fingerprint density at radius 1 is 1.00 bits per heavy atom. The zero-order valence-electron chi connectivity index (χ0n) is 16.1. The van der Waals surface area contributed by atoms with E-state index < -0.39 is 0 Å². The van der Waals surface area contributed by atoms with Gasteiger partial charge in [-0.15, -0.1) is 0 Å². The maximum Gasteiger partial charge on any atom is 0.245 e. The van der Waals surface area contributed by atoms with E-state index in [2.05, 4.69) is 25.9 Å². The van der Waals surface area contributed by atoms with Gasteiger partial charge in [-0.2, -0.15) is 0 Å². The van der Waals surface area contributed by atoms with Crippen LogP contribution in [-0.2, 0) is 6.42 Å². The lowest BCUT2D eigenvalue weighted by Crippen LogP contribution is -1.97. The number of hydrogen-bond acceptors (Lipinski definition) is 3. The molecule has 0 radical (unpaired) electrons. The standard InChI is InChI=1S/C22H30N2O2/c1-4-6-7-16-26-22-14-12-21(13-15-22)24(25)23-20-10-8-19(9-11-20)17-18(3)5-2/h8-15,18H,4-7,16-17H2,1-3H3/t18-/m1/s1. The lowest BCUT2D eigenvalue weighted by Gasteiger charge is -2.08. The third-order valence-corrected chi connectivity index (χ3v) is 4.50. The molecule has 0 N–H and O–H groups in total. The minimum absolute atomic E-state index is 0.495. The first-order valence-corrected chi connectivity index (χ1v) is 9.63. The highest BCUT2D eigenvalue weighted by Gasteiger charge is 2.06. The van der Waals surface area contributed by atoms with Crippen molar-refractivity contribution in [3.63, 3.8) is 0 Å². The van der Waals surface area contributed by atoms with Crippen LogP contribution in [0.15, 0.2) is 53.6 Å². The zero-order chi connectivity index (χ0) is 18.8. The molecule has 0 unspecified atom stereocenters. The average molecular weight is 354 g/mol. The second-order valence-electron chi connectivity index (χ2n) is 6.81. The third kappa shape index (κ3) is 6.51. The summed E-state index contributed by atoms with van der Waals surface area (Å²) in [6, 6.07) is 15.0. The molecule has 0 saturated heterocycles. The van der Waals surface area contributed by atoms with Crippen molar-refractivity contribution < 1.29 is 9.60 Å². The summed E-state index contributed by atoms with van der Waals surface area (Å²) in [4.78, 5) is 0.657. The predicted molar refractivity (Wildman–Crippen MR) is 106 cm³/mol. The number of unbranched alkanes of at least 4 members (excludes halogenated alkanes) is 2. The van der Waals surface area contributed by atoms with Crippen LogP contribution in [0.1, 0.15) is 52.0 Å². The fourth-order valence-corrected chi connectivity index (χ4v) is 2.62. The maximum absolute atomic E-state index is 12.2. The van der Waals surface area contributed by atoms with Gasteiger partial charge < -0.3 is 9.94 Å². The molecule has 0 aromatic heterocycles. The first-order valence-electron chi connectivity index (χ1n) is 9.63. The van der Waals surface area contributed by atoms with Crippen LogP contribution in [0, 0.1) is 11.1 Å². The summed E-state index contributed by atoms with van der Waals surface area (Å²) >= 11 is 0. The summed E-state index contributed by atoms with van der Waals surface area (Å²) in [7, 11) is 0. The Bertz CT molecular complexity index is 678. The molecule has 2 rings (SSSR count). The molecule has 4 heteroatoms. The van der Waals surface area contributed by atoms with Gasteiger partial charge in [0.15, 0.2) is 0 Å². The van der Waals surface area contributed by atoms with E-state index in [4.69, 9.17) is 4.74 Å². The molecule has 140 valence electrons. The highest BCUT2D eigenvalue weighted by atomic mass is 16.5. The van der Waals surface area contributed by atoms with Crippen LogP contribution in [0.2, 0.25) is 0 Å².